The number of carbonyl (C=O) groups excluding carboxylic acids is 4. The smallest absolute Gasteiger partial charge is 0.432 e. The highest BCUT2D eigenvalue weighted by Crippen LogP contribution is 2.61. The van der Waals surface area contributed by atoms with Crippen LogP contribution in [0.5, 0.6) is 0 Å². The van der Waals surface area contributed by atoms with E-state index < -0.39 is 56.9 Å². The van der Waals surface area contributed by atoms with E-state index in [4.69, 9.17) is 21.1 Å². The Hall–Kier alpha value is -4.06. The summed E-state index contributed by atoms with van der Waals surface area (Å²) in [7, 11) is -6.83. The number of alkyl halides is 5. The molecule has 8 aliphatic rings. The number of rotatable bonds is 12. The van der Waals surface area contributed by atoms with Crippen LogP contribution in [0.1, 0.15) is 103 Å². The average Bonchev–Trinajstić information content (AvgIpc) is 3.26. The van der Waals surface area contributed by atoms with Crippen molar-refractivity contribution in [3.63, 3.8) is 0 Å². The fourth-order valence-corrected chi connectivity index (χ4v) is 15.1. The molecule has 0 N–H and O–H groups in total. The Balaban J connectivity index is 0.000000158. The molecule has 0 aliphatic heterocycles. The lowest BCUT2D eigenvalue weighted by Gasteiger charge is -2.55. The van der Waals surface area contributed by atoms with Gasteiger partial charge in [-0.1, -0.05) is 69.3 Å². The van der Waals surface area contributed by atoms with Gasteiger partial charge in [0.15, 0.2) is 38.0 Å². The number of hydrogen-bond donors (Lipinski definition) is 0. The van der Waals surface area contributed by atoms with E-state index in [9.17, 15) is 54.1 Å². The Morgan fingerprint density at radius 2 is 0.971 bits per heavy atom. The second-order valence-electron chi connectivity index (χ2n) is 21.0. The van der Waals surface area contributed by atoms with Gasteiger partial charge in [-0.2, -0.15) is 22.0 Å². The van der Waals surface area contributed by atoms with Gasteiger partial charge in [0.2, 0.25) is 0 Å². The second kappa shape index (κ2) is 20.6. The van der Waals surface area contributed by atoms with Gasteiger partial charge >= 0.3 is 29.3 Å². The van der Waals surface area contributed by atoms with Crippen LogP contribution in [-0.2, 0) is 59.8 Å². The summed E-state index contributed by atoms with van der Waals surface area (Å²) < 4.78 is 110. The minimum atomic E-state index is -6.78. The molecule has 10 nitrogen and oxygen atoms in total. The number of halogens is 6. The molecule has 0 aromatic heterocycles. The van der Waals surface area contributed by atoms with Crippen LogP contribution in [-0.4, -0.2) is 66.9 Å². The third-order valence-electron chi connectivity index (χ3n) is 14.7. The summed E-state index contributed by atoms with van der Waals surface area (Å²) in [6, 6.07) is 30.7. The number of hydrogen-bond acceptors (Lipinski definition) is 10. The first-order valence-corrected chi connectivity index (χ1v) is 26.4. The van der Waals surface area contributed by atoms with Gasteiger partial charge in [-0.25, -0.2) is 13.2 Å². The van der Waals surface area contributed by atoms with E-state index in [1.807, 2.05) is 0 Å². The Morgan fingerprint density at radius 3 is 1.29 bits per heavy atom. The first kappa shape index (κ1) is 52.8. The third kappa shape index (κ3) is 12.3. The van der Waals surface area contributed by atoms with Crippen LogP contribution in [0.4, 0.5) is 22.0 Å². The van der Waals surface area contributed by atoms with Crippen molar-refractivity contribution >= 4 is 55.8 Å². The standard InChI is InChI=1S/C22H23S.C16H19F5O7S.C13H17ClO3/c1-22(2,3)18-14-16-21(17-15-18)23(19-10-6-4-7-11-19)20-12-8-5-9-13-20;17-15(18,19)12(16(20,21)29(24,25)26)28-11(22)7-27-13(23)14-4-8-1-9(5-14)3-10(2-8)6-14;14-11(15)7-17-12(16)13-4-8-1-9(5-13)3-10(2-8)6-13/h4-17H,1-3H3;8-10,12H,1-7H2,(H,24,25,26);8-10H,1-7H2/q+1;;/p-1. The van der Waals surface area contributed by atoms with Crippen molar-refractivity contribution in [1.29, 1.82) is 0 Å². The predicted octanol–water partition coefficient (Wildman–Crippen LogP) is 10.9. The van der Waals surface area contributed by atoms with Crippen molar-refractivity contribution < 1.29 is 68.3 Å². The maximum atomic E-state index is 13.3. The Morgan fingerprint density at radius 1 is 0.623 bits per heavy atom. The molecule has 0 heterocycles. The van der Waals surface area contributed by atoms with E-state index in [1.54, 1.807) is 0 Å². The number of benzene rings is 3. The molecule has 8 bridgehead atoms. The summed E-state index contributed by atoms with van der Waals surface area (Å²) in [5.74, 6) is 0.102. The molecule has 8 saturated carbocycles. The van der Waals surface area contributed by atoms with Crippen molar-refractivity contribution in [3.05, 3.63) is 90.5 Å². The summed E-state index contributed by atoms with van der Waals surface area (Å²) in [5.41, 5.74) is 0.448. The van der Waals surface area contributed by atoms with Crippen LogP contribution in [0.3, 0.4) is 0 Å². The maximum absolute atomic E-state index is 13.3. The van der Waals surface area contributed by atoms with Crippen LogP contribution in [0.25, 0.3) is 0 Å². The van der Waals surface area contributed by atoms with E-state index in [-0.39, 0.29) is 34.3 Å². The zero-order valence-corrected chi connectivity index (χ0v) is 41.1. The fraction of sp³-hybridized carbons (Fsp3) is 0.569. The molecule has 0 spiro atoms. The summed E-state index contributed by atoms with van der Waals surface area (Å²) in [6.07, 6.45) is 0.783. The van der Waals surface area contributed by atoms with Gasteiger partial charge in [0.05, 0.1) is 21.7 Å². The van der Waals surface area contributed by atoms with E-state index in [1.165, 1.54) is 39.5 Å². The van der Waals surface area contributed by atoms with Gasteiger partial charge in [0.1, 0.15) is 0 Å². The molecule has 8 fully saturated rings. The van der Waals surface area contributed by atoms with Gasteiger partial charge < -0.3 is 18.8 Å². The number of ether oxygens (including phenoxy) is 3. The number of esters is 3. The van der Waals surface area contributed by atoms with Gasteiger partial charge in [0, 0.05) is 0 Å². The van der Waals surface area contributed by atoms with E-state index in [0.29, 0.717) is 54.8 Å². The molecule has 0 saturated heterocycles. The Labute approximate surface area is 407 Å². The van der Waals surface area contributed by atoms with Crippen LogP contribution < -0.4 is 0 Å². The van der Waals surface area contributed by atoms with Crippen molar-refractivity contribution in [2.45, 2.75) is 135 Å². The molecule has 8 aliphatic carbocycles. The molecule has 3 aromatic rings. The lowest BCUT2D eigenvalue weighted by atomic mass is 9.49. The molecular formula is C51H58ClF5O10S2. The molecule has 69 heavy (non-hydrogen) atoms. The van der Waals surface area contributed by atoms with Crippen molar-refractivity contribution in [2.24, 2.45) is 46.3 Å². The minimum Gasteiger partial charge on any atom is -0.743 e. The van der Waals surface area contributed by atoms with E-state index in [2.05, 4.69) is 110 Å². The van der Waals surface area contributed by atoms with Gasteiger partial charge in [0.25, 0.3) is 11.3 Å². The van der Waals surface area contributed by atoms with Crippen molar-refractivity contribution in [2.75, 3.05) is 13.2 Å². The van der Waals surface area contributed by atoms with Gasteiger partial charge in [-0.3, -0.25) is 14.4 Å². The van der Waals surface area contributed by atoms with Crippen LogP contribution in [0.15, 0.2) is 99.6 Å². The molecule has 0 radical (unpaired) electrons. The van der Waals surface area contributed by atoms with Crippen LogP contribution in [0.2, 0.25) is 0 Å². The monoisotopic (exact) mass is 1020 g/mol. The van der Waals surface area contributed by atoms with E-state index >= 15 is 0 Å². The van der Waals surface area contributed by atoms with E-state index in [0.717, 1.165) is 38.5 Å². The fourth-order valence-electron chi connectivity index (χ4n) is 12.5. The Bertz CT molecular complexity index is 2320. The topological polar surface area (TPSA) is 153 Å². The van der Waals surface area contributed by atoms with Gasteiger partial charge in [-0.15, -0.1) is 0 Å². The molecular weight excluding hydrogens is 967 g/mol. The minimum absolute atomic E-state index is 0.0497. The third-order valence-corrected chi connectivity index (χ3v) is 17.9. The highest BCUT2D eigenvalue weighted by atomic mass is 35.5. The lowest BCUT2D eigenvalue weighted by molar-refractivity contribution is -0.260. The zero-order chi connectivity index (χ0) is 50.2. The first-order valence-electron chi connectivity index (χ1n) is 23.3. The first-order chi connectivity index (χ1) is 32.3. The molecule has 18 heteroatoms. The zero-order valence-electron chi connectivity index (χ0n) is 38.7. The molecule has 1 unspecified atom stereocenters. The van der Waals surface area contributed by atoms with Gasteiger partial charge in [-0.05, 0) is 172 Å². The number of carbonyl (C=O) groups is 4. The second-order valence-corrected chi connectivity index (χ2v) is 24.9. The summed E-state index contributed by atoms with van der Waals surface area (Å²) in [5, 5.41) is -6.53. The maximum Gasteiger partial charge on any atom is 0.432 e. The molecule has 376 valence electrons. The highest BCUT2D eigenvalue weighted by Gasteiger charge is 2.63. The molecule has 11 rings (SSSR count). The highest BCUT2D eigenvalue weighted by molar-refractivity contribution is 7.97. The average molecular weight is 1030 g/mol. The molecule has 3 aromatic carbocycles. The lowest BCUT2D eigenvalue weighted by Crippen LogP contribution is -2.53. The quantitative estimate of drug-likeness (QED) is 0.0428. The van der Waals surface area contributed by atoms with Crippen LogP contribution >= 0.6 is 11.6 Å². The SMILES string of the molecule is CC(C)(C)c1ccc([S+](c2ccccc2)c2ccccc2)cc1.O=C(COC(=O)C12CC3CC(CC(C3)C1)C2)OC(C(F)(F)F)C(F)(F)S(=O)(=O)[O-].O=C(Cl)COC(=O)C12CC3CC(CC(C3)C1)C2. The normalized spacial score (nSPS) is 28.1. The Kier molecular flexibility index (Phi) is 15.7. The predicted molar refractivity (Wildman–Crippen MR) is 245 cm³/mol. The molecule has 0 amide bonds. The summed E-state index contributed by atoms with van der Waals surface area (Å²) in [4.78, 5) is 51.0. The van der Waals surface area contributed by atoms with Crippen LogP contribution in [0, 0.1) is 46.3 Å². The largest absolute Gasteiger partial charge is 0.743 e. The molecule has 1 atom stereocenters. The summed E-state index contributed by atoms with van der Waals surface area (Å²) >= 11 is 5.21. The summed E-state index contributed by atoms with van der Waals surface area (Å²) in [6.45, 7) is 5.10. The van der Waals surface area contributed by atoms with Crippen molar-refractivity contribution in [1.82, 2.24) is 0 Å². The van der Waals surface area contributed by atoms with Crippen molar-refractivity contribution in [3.8, 4) is 0 Å².